The van der Waals surface area contributed by atoms with E-state index in [1.807, 2.05) is 13.8 Å². The first-order valence-corrected chi connectivity index (χ1v) is 9.41. The minimum atomic E-state index is -0.393. The van der Waals surface area contributed by atoms with E-state index in [1.54, 1.807) is 36.4 Å². The van der Waals surface area contributed by atoms with Gasteiger partial charge in [-0.3, -0.25) is 9.59 Å². The summed E-state index contributed by atoms with van der Waals surface area (Å²) in [4.78, 5) is 25.2. The molecule has 0 bridgehead atoms. The molecule has 7 heteroatoms. The molecule has 142 valence electrons. The molecule has 0 spiro atoms. The van der Waals surface area contributed by atoms with Crippen molar-refractivity contribution in [1.82, 2.24) is 5.32 Å². The van der Waals surface area contributed by atoms with Crippen LogP contribution in [-0.2, 0) is 11.2 Å². The first kappa shape index (κ1) is 19.5. The Balaban J connectivity index is 1.78. The van der Waals surface area contributed by atoms with Crippen LogP contribution in [0.3, 0.4) is 0 Å². The molecule has 0 fully saturated rings. The van der Waals surface area contributed by atoms with Crippen LogP contribution in [0.2, 0.25) is 10.0 Å². The van der Waals surface area contributed by atoms with Gasteiger partial charge >= 0.3 is 0 Å². The monoisotopic (exact) mass is 406 g/mol. The Morgan fingerprint density at radius 1 is 1.11 bits per heavy atom. The van der Waals surface area contributed by atoms with E-state index in [1.165, 1.54) is 0 Å². The van der Waals surface area contributed by atoms with Crippen LogP contribution in [0, 0.1) is 5.92 Å². The van der Waals surface area contributed by atoms with Crippen molar-refractivity contribution in [3.63, 3.8) is 0 Å². The molecule has 1 atom stereocenters. The van der Waals surface area contributed by atoms with Crippen LogP contribution < -0.4 is 15.4 Å². The normalized spacial score (nSPS) is 15.7. The molecule has 0 saturated carbocycles. The van der Waals surface area contributed by atoms with Gasteiger partial charge < -0.3 is 15.4 Å². The van der Waals surface area contributed by atoms with E-state index in [9.17, 15) is 9.59 Å². The van der Waals surface area contributed by atoms with Crippen LogP contribution in [0.1, 0.15) is 29.8 Å². The lowest BCUT2D eigenvalue weighted by molar-refractivity contribution is -0.121. The summed E-state index contributed by atoms with van der Waals surface area (Å²) >= 11 is 12.1. The molecular weight excluding hydrogens is 387 g/mol. The fourth-order valence-corrected chi connectivity index (χ4v) is 3.29. The standard InChI is InChI=1S/C20H20Cl2N2O3/c1-11(2)23-20(26)16-5-3-15(22)9-17(16)24-19(25)13-7-12-8-14(21)4-6-18(12)27-10-13/h3-6,8-9,11,13H,7,10H2,1-2H3,(H,23,26)(H,24,25). The van der Waals surface area contributed by atoms with E-state index in [0.717, 1.165) is 11.3 Å². The zero-order valence-electron chi connectivity index (χ0n) is 15.0. The van der Waals surface area contributed by atoms with Crippen molar-refractivity contribution in [2.24, 2.45) is 5.92 Å². The molecule has 0 saturated heterocycles. The van der Waals surface area contributed by atoms with Crippen LogP contribution in [0.5, 0.6) is 5.75 Å². The molecule has 2 aromatic carbocycles. The highest BCUT2D eigenvalue weighted by atomic mass is 35.5. The third-order valence-corrected chi connectivity index (χ3v) is 4.67. The van der Waals surface area contributed by atoms with Gasteiger partial charge in [-0.25, -0.2) is 0 Å². The van der Waals surface area contributed by atoms with Gasteiger partial charge in [-0.2, -0.15) is 0 Å². The van der Waals surface area contributed by atoms with E-state index < -0.39 is 5.92 Å². The second-order valence-electron chi connectivity index (χ2n) is 6.77. The van der Waals surface area contributed by atoms with Gasteiger partial charge in [-0.05, 0) is 62.2 Å². The zero-order valence-corrected chi connectivity index (χ0v) is 16.5. The van der Waals surface area contributed by atoms with Gasteiger partial charge in [-0.1, -0.05) is 23.2 Å². The molecule has 2 aromatic rings. The highest BCUT2D eigenvalue weighted by Gasteiger charge is 2.27. The Labute approximate surface area is 168 Å². The third kappa shape index (κ3) is 4.73. The van der Waals surface area contributed by atoms with Crippen LogP contribution in [0.25, 0.3) is 0 Å². The number of carbonyl (C=O) groups is 2. The fourth-order valence-electron chi connectivity index (χ4n) is 2.92. The van der Waals surface area contributed by atoms with Crippen LogP contribution in [0.15, 0.2) is 36.4 Å². The van der Waals surface area contributed by atoms with Gasteiger partial charge in [0.15, 0.2) is 0 Å². The number of amides is 2. The number of hydrogen-bond donors (Lipinski definition) is 2. The predicted molar refractivity (Wildman–Crippen MR) is 107 cm³/mol. The van der Waals surface area contributed by atoms with Gasteiger partial charge in [0.2, 0.25) is 5.91 Å². The average Bonchev–Trinajstić information content (AvgIpc) is 2.60. The predicted octanol–water partition coefficient (Wildman–Crippen LogP) is 4.32. The van der Waals surface area contributed by atoms with E-state index >= 15 is 0 Å². The molecule has 5 nitrogen and oxygen atoms in total. The summed E-state index contributed by atoms with van der Waals surface area (Å²) in [5.41, 5.74) is 1.63. The van der Waals surface area contributed by atoms with Crippen molar-refractivity contribution in [2.75, 3.05) is 11.9 Å². The molecule has 0 aliphatic carbocycles. The van der Waals surface area contributed by atoms with Crippen LogP contribution in [0.4, 0.5) is 5.69 Å². The first-order valence-electron chi connectivity index (χ1n) is 8.66. The highest BCUT2D eigenvalue weighted by molar-refractivity contribution is 6.31. The van der Waals surface area contributed by atoms with Crippen molar-refractivity contribution in [3.8, 4) is 5.75 Å². The number of carbonyl (C=O) groups excluding carboxylic acids is 2. The summed E-state index contributed by atoms with van der Waals surface area (Å²) in [5.74, 6) is -0.158. The highest BCUT2D eigenvalue weighted by Crippen LogP contribution is 2.31. The maximum Gasteiger partial charge on any atom is 0.253 e. The molecule has 1 heterocycles. The lowest BCUT2D eigenvalue weighted by Crippen LogP contribution is -2.34. The maximum absolute atomic E-state index is 12.8. The lowest BCUT2D eigenvalue weighted by Gasteiger charge is -2.25. The molecule has 1 aliphatic heterocycles. The van der Waals surface area contributed by atoms with Crippen molar-refractivity contribution in [1.29, 1.82) is 0 Å². The molecule has 1 aliphatic rings. The Hall–Kier alpha value is -2.24. The van der Waals surface area contributed by atoms with Crippen LogP contribution in [-0.4, -0.2) is 24.5 Å². The smallest absolute Gasteiger partial charge is 0.253 e. The average molecular weight is 407 g/mol. The fraction of sp³-hybridized carbons (Fsp3) is 0.300. The van der Waals surface area contributed by atoms with Crippen molar-refractivity contribution in [2.45, 2.75) is 26.3 Å². The Bertz CT molecular complexity index is 884. The largest absolute Gasteiger partial charge is 0.492 e. The van der Waals surface area contributed by atoms with E-state index in [4.69, 9.17) is 27.9 Å². The summed E-state index contributed by atoms with van der Waals surface area (Å²) in [7, 11) is 0. The number of hydrogen-bond acceptors (Lipinski definition) is 3. The second-order valence-corrected chi connectivity index (χ2v) is 7.64. The SMILES string of the molecule is CC(C)NC(=O)c1ccc(Cl)cc1NC(=O)C1COc2ccc(Cl)cc2C1. The molecular formula is C20H20Cl2N2O3. The number of benzene rings is 2. The summed E-state index contributed by atoms with van der Waals surface area (Å²) in [5, 5.41) is 6.67. The number of nitrogens with one attached hydrogen (secondary N) is 2. The van der Waals surface area contributed by atoms with Crippen molar-refractivity contribution >= 4 is 40.7 Å². The molecule has 2 amide bonds. The molecule has 1 unspecified atom stereocenters. The minimum Gasteiger partial charge on any atom is -0.492 e. The van der Waals surface area contributed by atoms with Gasteiger partial charge in [0.25, 0.3) is 5.91 Å². The molecule has 3 rings (SSSR count). The minimum absolute atomic E-state index is 0.0234. The maximum atomic E-state index is 12.8. The van der Waals surface area contributed by atoms with Crippen molar-refractivity contribution < 1.29 is 14.3 Å². The molecule has 0 radical (unpaired) electrons. The number of rotatable bonds is 4. The number of halogens is 2. The van der Waals surface area contributed by atoms with Gasteiger partial charge in [0.05, 0.1) is 17.2 Å². The second kappa shape index (κ2) is 8.19. The number of ether oxygens (including phenoxy) is 1. The summed E-state index contributed by atoms with van der Waals surface area (Å²) in [6.45, 7) is 4.00. The quantitative estimate of drug-likeness (QED) is 0.793. The van der Waals surface area contributed by atoms with E-state index in [0.29, 0.717) is 27.7 Å². The summed E-state index contributed by atoms with van der Waals surface area (Å²) < 4.78 is 5.68. The first-order chi connectivity index (χ1) is 12.8. The Kier molecular flexibility index (Phi) is 5.92. The van der Waals surface area contributed by atoms with Gasteiger partial charge in [0.1, 0.15) is 12.4 Å². The third-order valence-electron chi connectivity index (χ3n) is 4.20. The Morgan fingerprint density at radius 2 is 1.81 bits per heavy atom. The summed E-state index contributed by atoms with van der Waals surface area (Å²) in [6, 6.07) is 10.1. The van der Waals surface area contributed by atoms with E-state index in [2.05, 4.69) is 10.6 Å². The topological polar surface area (TPSA) is 67.4 Å². The van der Waals surface area contributed by atoms with Gasteiger partial charge in [0, 0.05) is 16.1 Å². The lowest BCUT2D eigenvalue weighted by atomic mass is 9.96. The number of anilines is 1. The van der Waals surface area contributed by atoms with Crippen LogP contribution >= 0.6 is 23.2 Å². The number of fused-ring (bicyclic) bond motifs is 1. The van der Waals surface area contributed by atoms with Crippen molar-refractivity contribution in [3.05, 3.63) is 57.6 Å². The summed E-state index contributed by atoms with van der Waals surface area (Å²) in [6.07, 6.45) is 0.510. The zero-order chi connectivity index (χ0) is 19.6. The molecule has 2 N–H and O–H groups in total. The Morgan fingerprint density at radius 3 is 2.56 bits per heavy atom. The van der Waals surface area contributed by atoms with Gasteiger partial charge in [-0.15, -0.1) is 0 Å². The molecule has 27 heavy (non-hydrogen) atoms. The molecule has 0 aromatic heterocycles. The van der Waals surface area contributed by atoms with E-state index in [-0.39, 0.29) is 24.5 Å².